The van der Waals surface area contributed by atoms with Crippen LogP contribution < -0.4 is 5.32 Å². The van der Waals surface area contributed by atoms with E-state index < -0.39 is 12.1 Å². The zero-order chi connectivity index (χ0) is 20.8. The summed E-state index contributed by atoms with van der Waals surface area (Å²) < 4.78 is 5.18. The number of aryl methyl sites for hydroxylation is 1. The molecule has 0 aliphatic rings. The van der Waals surface area contributed by atoms with E-state index in [9.17, 15) is 14.4 Å². The molecule has 0 unspecified atom stereocenters. The Morgan fingerprint density at radius 1 is 0.897 bits per heavy atom. The number of carbonyl (C=O) groups excluding carboxylic acids is 3. The van der Waals surface area contributed by atoms with Crippen LogP contribution in [0.5, 0.6) is 0 Å². The molecule has 0 aliphatic carbocycles. The van der Waals surface area contributed by atoms with E-state index in [0.29, 0.717) is 11.1 Å². The molecule has 5 heteroatoms. The van der Waals surface area contributed by atoms with E-state index in [4.69, 9.17) is 4.74 Å². The third-order valence-corrected chi connectivity index (χ3v) is 4.73. The van der Waals surface area contributed by atoms with Gasteiger partial charge in [0.05, 0.1) is 0 Å². The lowest BCUT2D eigenvalue weighted by atomic mass is 10.0. The lowest BCUT2D eigenvalue weighted by Crippen LogP contribution is -2.34. The third kappa shape index (κ3) is 5.08. The minimum Gasteiger partial charge on any atom is -0.453 e. The maximum atomic E-state index is 12.4. The van der Waals surface area contributed by atoms with Crippen molar-refractivity contribution in [2.75, 3.05) is 6.54 Å². The van der Waals surface area contributed by atoms with Crippen molar-refractivity contribution >= 4 is 28.4 Å². The number of ketones is 1. The van der Waals surface area contributed by atoms with Crippen LogP contribution in [0.15, 0.2) is 66.7 Å². The standard InChI is InChI=1S/C24H23NO4/c1-3-17-8-10-19(11-9-17)23(27)16(2)29-22(26)15-25-24(28)21-13-12-18-6-4-5-7-20(18)14-21/h4-14,16H,3,15H2,1-2H3,(H,25,28)/t16-/m1/s1. The van der Waals surface area contributed by atoms with Gasteiger partial charge in [-0.25, -0.2) is 0 Å². The maximum Gasteiger partial charge on any atom is 0.326 e. The van der Waals surface area contributed by atoms with Crippen LogP contribution in [0.25, 0.3) is 10.8 Å². The van der Waals surface area contributed by atoms with Crippen molar-refractivity contribution in [3.63, 3.8) is 0 Å². The SMILES string of the molecule is CCc1ccc(C(=O)[C@@H](C)OC(=O)CNC(=O)c2ccc3ccccc3c2)cc1. The molecule has 148 valence electrons. The van der Waals surface area contributed by atoms with Crippen molar-refractivity contribution in [1.29, 1.82) is 0 Å². The average molecular weight is 389 g/mol. The number of esters is 1. The average Bonchev–Trinajstić information content (AvgIpc) is 2.76. The minimum absolute atomic E-state index is 0.276. The van der Waals surface area contributed by atoms with E-state index in [-0.39, 0.29) is 18.2 Å². The molecule has 0 radical (unpaired) electrons. The van der Waals surface area contributed by atoms with E-state index in [1.165, 1.54) is 6.92 Å². The molecule has 0 fully saturated rings. The van der Waals surface area contributed by atoms with Crippen LogP contribution in [-0.2, 0) is 16.0 Å². The fourth-order valence-corrected chi connectivity index (χ4v) is 3.02. The van der Waals surface area contributed by atoms with Gasteiger partial charge in [0, 0.05) is 11.1 Å². The first-order chi connectivity index (χ1) is 14.0. The highest BCUT2D eigenvalue weighted by Gasteiger charge is 2.20. The van der Waals surface area contributed by atoms with E-state index in [1.54, 1.807) is 24.3 Å². The summed E-state index contributed by atoms with van der Waals surface area (Å²) in [4.78, 5) is 36.8. The molecule has 1 amide bonds. The molecule has 3 aromatic carbocycles. The van der Waals surface area contributed by atoms with Crippen LogP contribution in [-0.4, -0.2) is 30.3 Å². The Morgan fingerprint density at radius 3 is 2.24 bits per heavy atom. The Labute approximate surface area is 169 Å². The molecular weight excluding hydrogens is 366 g/mol. The van der Waals surface area contributed by atoms with Crippen molar-refractivity contribution in [2.24, 2.45) is 0 Å². The Kier molecular flexibility index (Phi) is 6.39. The first-order valence-electron chi connectivity index (χ1n) is 9.57. The molecule has 5 nitrogen and oxygen atoms in total. The fraction of sp³-hybridized carbons (Fsp3) is 0.208. The molecule has 0 aliphatic heterocycles. The molecule has 3 aromatic rings. The molecule has 1 atom stereocenters. The van der Waals surface area contributed by atoms with Gasteiger partial charge in [0.15, 0.2) is 6.10 Å². The van der Waals surface area contributed by atoms with Crippen LogP contribution in [0.2, 0.25) is 0 Å². The van der Waals surface area contributed by atoms with Crippen LogP contribution in [0.4, 0.5) is 0 Å². The number of benzene rings is 3. The van der Waals surface area contributed by atoms with Gasteiger partial charge < -0.3 is 10.1 Å². The van der Waals surface area contributed by atoms with E-state index in [0.717, 1.165) is 22.8 Å². The number of Topliss-reactive ketones (excluding diaryl/α,β-unsaturated/α-hetero) is 1. The Balaban J connectivity index is 1.53. The summed E-state index contributed by atoms with van der Waals surface area (Å²) in [6.07, 6.45) is -0.0387. The predicted molar refractivity (Wildman–Crippen MR) is 112 cm³/mol. The lowest BCUT2D eigenvalue weighted by molar-refractivity contribution is -0.145. The highest BCUT2D eigenvalue weighted by Crippen LogP contribution is 2.15. The first kappa shape index (κ1) is 20.3. The number of fused-ring (bicyclic) bond motifs is 1. The Bertz CT molecular complexity index is 1040. The quantitative estimate of drug-likeness (QED) is 0.491. The van der Waals surface area contributed by atoms with Gasteiger partial charge in [-0.05, 0) is 41.8 Å². The number of hydrogen-bond acceptors (Lipinski definition) is 4. The summed E-state index contributed by atoms with van der Waals surface area (Å²) >= 11 is 0. The van der Waals surface area contributed by atoms with E-state index in [2.05, 4.69) is 5.32 Å². The molecule has 29 heavy (non-hydrogen) atoms. The molecule has 0 spiro atoms. The monoisotopic (exact) mass is 389 g/mol. The number of carbonyl (C=O) groups is 3. The Morgan fingerprint density at radius 2 is 1.55 bits per heavy atom. The van der Waals surface area contributed by atoms with Gasteiger partial charge in [-0.2, -0.15) is 0 Å². The van der Waals surface area contributed by atoms with Crippen molar-refractivity contribution in [1.82, 2.24) is 5.32 Å². The van der Waals surface area contributed by atoms with Crippen molar-refractivity contribution in [3.8, 4) is 0 Å². The largest absolute Gasteiger partial charge is 0.453 e. The van der Waals surface area contributed by atoms with Crippen LogP contribution in [0.1, 0.15) is 40.1 Å². The fourth-order valence-electron chi connectivity index (χ4n) is 3.02. The molecule has 0 aromatic heterocycles. The van der Waals surface area contributed by atoms with Crippen LogP contribution in [0.3, 0.4) is 0 Å². The van der Waals surface area contributed by atoms with Crippen molar-refractivity contribution in [3.05, 3.63) is 83.4 Å². The molecule has 3 rings (SSSR count). The maximum absolute atomic E-state index is 12.4. The molecule has 0 bridgehead atoms. The molecule has 1 N–H and O–H groups in total. The summed E-state index contributed by atoms with van der Waals surface area (Å²) in [5, 5.41) is 4.51. The van der Waals surface area contributed by atoms with Gasteiger partial charge in [-0.3, -0.25) is 14.4 Å². The van der Waals surface area contributed by atoms with Gasteiger partial charge in [0.2, 0.25) is 5.78 Å². The summed E-state index contributed by atoms with van der Waals surface area (Å²) in [5.74, 6) is -1.31. The van der Waals surface area contributed by atoms with E-state index >= 15 is 0 Å². The zero-order valence-electron chi connectivity index (χ0n) is 16.5. The topological polar surface area (TPSA) is 72.5 Å². The number of nitrogens with one attached hydrogen (secondary N) is 1. The lowest BCUT2D eigenvalue weighted by Gasteiger charge is -2.13. The normalized spacial score (nSPS) is 11.7. The molecule has 0 saturated heterocycles. The second-order valence-electron chi connectivity index (χ2n) is 6.79. The zero-order valence-corrected chi connectivity index (χ0v) is 16.5. The molecular formula is C24H23NO4. The summed E-state index contributed by atoms with van der Waals surface area (Å²) in [6, 6.07) is 20.2. The number of amides is 1. The smallest absolute Gasteiger partial charge is 0.326 e. The number of ether oxygens (including phenoxy) is 1. The highest BCUT2D eigenvalue weighted by molar-refractivity contribution is 6.01. The molecule has 0 heterocycles. The van der Waals surface area contributed by atoms with Gasteiger partial charge in [-0.1, -0.05) is 61.5 Å². The number of rotatable bonds is 7. The molecule has 0 saturated carbocycles. The summed E-state index contributed by atoms with van der Waals surface area (Å²) in [5.41, 5.74) is 2.07. The minimum atomic E-state index is -0.924. The summed E-state index contributed by atoms with van der Waals surface area (Å²) in [6.45, 7) is 3.25. The summed E-state index contributed by atoms with van der Waals surface area (Å²) in [7, 11) is 0. The highest BCUT2D eigenvalue weighted by atomic mass is 16.5. The van der Waals surface area contributed by atoms with Crippen LogP contribution >= 0.6 is 0 Å². The van der Waals surface area contributed by atoms with Gasteiger partial charge in [0.1, 0.15) is 6.54 Å². The van der Waals surface area contributed by atoms with Gasteiger partial charge in [0.25, 0.3) is 5.91 Å². The first-order valence-corrected chi connectivity index (χ1v) is 9.57. The third-order valence-electron chi connectivity index (χ3n) is 4.73. The van der Waals surface area contributed by atoms with Crippen molar-refractivity contribution in [2.45, 2.75) is 26.4 Å². The predicted octanol–water partition coefficient (Wildman–Crippen LogP) is 3.95. The number of hydrogen-bond donors (Lipinski definition) is 1. The Hall–Kier alpha value is -3.47. The van der Waals surface area contributed by atoms with E-state index in [1.807, 2.05) is 49.4 Å². The van der Waals surface area contributed by atoms with Gasteiger partial charge in [-0.15, -0.1) is 0 Å². The van der Waals surface area contributed by atoms with Gasteiger partial charge >= 0.3 is 5.97 Å². The second-order valence-corrected chi connectivity index (χ2v) is 6.79. The van der Waals surface area contributed by atoms with Crippen molar-refractivity contribution < 1.29 is 19.1 Å². The van der Waals surface area contributed by atoms with Crippen LogP contribution in [0, 0.1) is 0 Å². The second kappa shape index (κ2) is 9.15.